The molecular weight excluding hydrogens is 218 g/mol. The van der Waals surface area contributed by atoms with Crippen molar-refractivity contribution in [1.29, 1.82) is 0 Å². The van der Waals surface area contributed by atoms with Gasteiger partial charge in [-0.3, -0.25) is 0 Å². The van der Waals surface area contributed by atoms with Crippen molar-refractivity contribution in [2.45, 2.75) is 13.3 Å². The van der Waals surface area contributed by atoms with Crippen molar-refractivity contribution in [3.8, 4) is 0 Å². The van der Waals surface area contributed by atoms with Crippen molar-refractivity contribution >= 4 is 23.2 Å². The summed E-state index contributed by atoms with van der Waals surface area (Å²) in [5, 5.41) is 0.891. The summed E-state index contributed by atoms with van der Waals surface area (Å²) >= 11 is 0. The van der Waals surface area contributed by atoms with Crippen LogP contribution in [0.2, 0.25) is 0 Å². The number of esters is 1. The topological polar surface area (TPSA) is 59.2 Å². The number of hydrogen-bond donors (Lipinski definition) is 1. The number of H-pyrrole nitrogens is 1. The highest BCUT2D eigenvalue weighted by Crippen LogP contribution is 2.23. The molecule has 0 saturated carbocycles. The van der Waals surface area contributed by atoms with Crippen LogP contribution >= 0.6 is 0 Å². The Morgan fingerprint density at radius 3 is 2.88 bits per heavy atom. The van der Waals surface area contributed by atoms with Gasteiger partial charge in [0.15, 0.2) is 0 Å². The van der Waals surface area contributed by atoms with Gasteiger partial charge in [-0.05, 0) is 18.6 Å². The molecule has 88 valence electrons. The number of carbonyl (C=O) groups excluding carboxylic acids is 2. The minimum absolute atomic E-state index is 0.207. The van der Waals surface area contributed by atoms with Crippen LogP contribution in [-0.2, 0) is 16.0 Å². The molecule has 0 unspecified atom stereocenters. The van der Waals surface area contributed by atoms with E-state index in [9.17, 15) is 9.59 Å². The molecule has 1 N–H and O–H groups in total. The largest absolute Gasteiger partial charge is 0.461 e. The van der Waals surface area contributed by atoms with Gasteiger partial charge in [-0.2, -0.15) is 0 Å². The summed E-state index contributed by atoms with van der Waals surface area (Å²) in [4.78, 5) is 25.4. The molecule has 0 amide bonds. The smallest absolute Gasteiger partial charge is 0.355 e. The van der Waals surface area contributed by atoms with Gasteiger partial charge < -0.3 is 14.5 Å². The molecule has 0 spiro atoms. The first-order valence-corrected chi connectivity index (χ1v) is 5.48. The highest BCUT2D eigenvalue weighted by Gasteiger charge is 2.17. The van der Waals surface area contributed by atoms with Crippen LogP contribution in [0.15, 0.2) is 24.3 Å². The summed E-state index contributed by atoms with van der Waals surface area (Å²) in [7, 11) is 0. The van der Waals surface area contributed by atoms with Gasteiger partial charge in [-0.25, -0.2) is 4.79 Å². The van der Waals surface area contributed by atoms with Gasteiger partial charge in [0.1, 0.15) is 12.0 Å². The molecule has 2 aromatic rings. The van der Waals surface area contributed by atoms with Crippen molar-refractivity contribution in [2.75, 3.05) is 6.61 Å². The quantitative estimate of drug-likeness (QED) is 0.647. The molecule has 0 bridgehead atoms. The zero-order valence-electron chi connectivity index (χ0n) is 9.53. The van der Waals surface area contributed by atoms with Gasteiger partial charge in [0.25, 0.3) is 0 Å². The monoisotopic (exact) mass is 231 g/mol. The first kappa shape index (κ1) is 11.4. The molecule has 17 heavy (non-hydrogen) atoms. The van der Waals surface area contributed by atoms with E-state index < -0.39 is 5.97 Å². The first-order valence-electron chi connectivity index (χ1n) is 5.48. The van der Waals surface area contributed by atoms with Gasteiger partial charge in [-0.1, -0.05) is 18.2 Å². The number of rotatable bonds is 4. The second kappa shape index (κ2) is 4.82. The lowest BCUT2D eigenvalue weighted by atomic mass is 10.1. The minimum atomic E-state index is -0.416. The normalized spacial score (nSPS) is 10.4. The first-order chi connectivity index (χ1) is 8.27. The van der Waals surface area contributed by atoms with E-state index in [1.54, 1.807) is 6.92 Å². The van der Waals surface area contributed by atoms with Crippen molar-refractivity contribution in [3.63, 3.8) is 0 Å². The molecule has 2 rings (SSSR count). The van der Waals surface area contributed by atoms with E-state index in [1.165, 1.54) is 0 Å². The maximum atomic E-state index is 11.7. The van der Waals surface area contributed by atoms with Crippen LogP contribution < -0.4 is 0 Å². The average molecular weight is 231 g/mol. The number of para-hydroxylation sites is 1. The third-order valence-electron chi connectivity index (χ3n) is 2.58. The molecule has 0 aliphatic heterocycles. The van der Waals surface area contributed by atoms with Crippen LogP contribution in [0.3, 0.4) is 0 Å². The summed E-state index contributed by atoms with van der Waals surface area (Å²) in [6.07, 6.45) is 0.997. The second-order valence-electron chi connectivity index (χ2n) is 3.62. The van der Waals surface area contributed by atoms with E-state index in [2.05, 4.69) is 4.98 Å². The SMILES string of the molecule is CCOC(=O)c1[nH]c2ccccc2c1CC=O. The van der Waals surface area contributed by atoms with Gasteiger partial charge in [0, 0.05) is 17.3 Å². The molecule has 0 aliphatic rings. The van der Waals surface area contributed by atoms with Crippen molar-refractivity contribution in [2.24, 2.45) is 0 Å². The maximum absolute atomic E-state index is 11.7. The number of hydrogen-bond acceptors (Lipinski definition) is 3. The van der Waals surface area contributed by atoms with Crippen LogP contribution in [-0.4, -0.2) is 23.8 Å². The van der Waals surface area contributed by atoms with E-state index in [0.29, 0.717) is 17.9 Å². The summed E-state index contributed by atoms with van der Waals surface area (Å²) in [5.74, 6) is -0.416. The Morgan fingerprint density at radius 2 is 2.18 bits per heavy atom. The van der Waals surface area contributed by atoms with Crippen LogP contribution in [0.4, 0.5) is 0 Å². The zero-order valence-corrected chi connectivity index (χ0v) is 9.53. The minimum Gasteiger partial charge on any atom is -0.461 e. The van der Waals surface area contributed by atoms with Gasteiger partial charge in [0.2, 0.25) is 0 Å². The standard InChI is InChI=1S/C13H13NO3/c1-2-17-13(16)12-10(7-8-15)9-5-3-4-6-11(9)14-12/h3-6,8,14H,2,7H2,1H3. The third kappa shape index (κ3) is 2.06. The lowest BCUT2D eigenvalue weighted by molar-refractivity contribution is -0.107. The maximum Gasteiger partial charge on any atom is 0.355 e. The van der Waals surface area contributed by atoms with Gasteiger partial charge >= 0.3 is 5.97 Å². The van der Waals surface area contributed by atoms with Crippen LogP contribution in [0.5, 0.6) is 0 Å². The lowest BCUT2D eigenvalue weighted by Crippen LogP contribution is -2.08. The average Bonchev–Trinajstić information content (AvgIpc) is 2.70. The van der Waals surface area contributed by atoms with E-state index in [0.717, 1.165) is 17.2 Å². The fourth-order valence-corrected chi connectivity index (χ4v) is 1.87. The van der Waals surface area contributed by atoms with Crippen molar-refractivity contribution in [1.82, 2.24) is 4.98 Å². The molecule has 1 heterocycles. The molecule has 0 atom stereocenters. The van der Waals surface area contributed by atoms with Crippen LogP contribution in [0.25, 0.3) is 10.9 Å². The van der Waals surface area contributed by atoms with Crippen LogP contribution in [0.1, 0.15) is 23.0 Å². The fraction of sp³-hybridized carbons (Fsp3) is 0.231. The Bertz CT molecular complexity index is 557. The Labute approximate surface area is 98.6 Å². The molecule has 0 radical (unpaired) electrons. The van der Waals surface area contributed by atoms with Crippen LogP contribution in [0, 0.1) is 0 Å². The third-order valence-corrected chi connectivity index (χ3v) is 2.58. The van der Waals surface area contributed by atoms with E-state index in [4.69, 9.17) is 4.74 Å². The predicted molar refractivity (Wildman–Crippen MR) is 64.0 cm³/mol. The van der Waals surface area contributed by atoms with E-state index in [-0.39, 0.29) is 6.42 Å². The molecule has 0 aliphatic carbocycles. The molecule has 1 aromatic carbocycles. The second-order valence-corrected chi connectivity index (χ2v) is 3.62. The Hall–Kier alpha value is -2.10. The number of aldehydes is 1. The number of benzene rings is 1. The van der Waals surface area contributed by atoms with Gasteiger partial charge in [-0.15, -0.1) is 0 Å². The summed E-state index contributed by atoms with van der Waals surface area (Å²) < 4.78 is 4.96. The molecule has 1 aromatic heterocycles. The number of ether oxygens (including phenoxy) is 1. The molecule has 0 fully saturated rings. The highest BCUT2D eigenvalue weighted by atomic mass is 16.5. The molecular formula is C13H13NO3. The van der Waals surface area contributed by atoms with E-state index >= 15 is 0 Å². The van der Waals surface area contributed by atoms with Crippen molar-refractivity contribution < 1.29 is 14.3 Å². The predicted octanol–water partition coefficient (Wildman–Crippen LogP) is 2.09. The number of nitrogens with one attached hydrogen (secondary N) is 1. The number of aromatic nitrogens is 1. The highest BCUT2D eigenvalue weighted by molar-refractivity contribution is 5.99. The van der Waals surface area contributed by atoms with E-state index in [1.807, 2.05) is 24.3 Å². The van der Waals surface area contributed by atoms with Gasteiger partial charge in [0.05, 0.1) is 6.61 Å². The Kier molecular flexibility index (Phi) is 3.23. The summed E-state index contributed by atoms with van der Waals surface area (Å²) in [6, 6.07) is 7.50. The molecule has 0 saturated heterocycles. The Balaban J connectivity index is 2.56. The number of fused-ring (bicyclic) bond motifs is 1. The number of aromatic amines is 1. The Morgan fingerprint density at radius 1 is 1.41 bits per heavy atom. The van der Waals surface area contributed by atoms with Crippen molar-refractivity contribution in [3.05, 3.63) is 35.5 Å². The fourth-order valence-electron chi connectivity index (χ4n) is 1.87. The number of carbonyl (C=O) groups is 2. The summed E-state index contributed by atoms with van der Waals surface area (Å²) in [5.41, 5.74) is 1.92. The summed E-state index contributed by atoms with van der Waals surface area (Å²) in [6.45, 7) is 2.06. The molecule has 4 heteroatoms. The zero-order chi connectivity index (χ0) is 12.3. The molecule has 4 nitrogen and oxygen atoms in total. The lowest BCUT2D eigenvalue weighted by Gasteiger charge is -2.01.